The van der Waals surface area contributed by atoms with E-state index in [0.717, 1.165) is 30.1 Å². The Bertz CT molecular complexity index is 926. The summed E-state index contributed by atoms with van der Waals surface area (Å²) >= 11 is 0. The fourth-order valence-electron chi connectivity index (χ4n) is 2.84. The maximum atomic E-state index is 5.61. The van der Waals surface area contributed by atoms with Gasteiger partial charge in [0.05, 0.1) is 26.0 Å². The Morgan fingerprint density at radius 2 is 1.79 bits per heavy atom. The van der Waals surface area contributed by atoms with Gasteiger partial charge in [0.25, 0.3) is 0 Å². The first-order valence-corrected chi connectivity index (χ1v) is 8.92. The molecule has 0 unspecified atom stereocenters. The zero-order valence-corrected chi connectivity index (χ0v) is 15.5. The van der Waals surface area contributed by atoms with Crippen LogP contribution < -0.4 is 20.7 Å². The molecule has 3 aromatic rings. The van der Waals surface area contributed by atoms with Crippen LogP contribution in [0.1, 0.15) is 0 Å². The third-order valence-electron chi connectivity index (χ3n) is 4.34. The van der Waals surface area contributed by atoms with Gasteiger partial charge in [-0.1, -0.05) is 0 Å². The Hall–Kier alpha value is -3.46. The minimum absolute atomic E-state index is 0.225. The summed E-state index contributed by atoms with van der Waals surface area (Å²) in [5.41, 5.74) is 7.99. The van der Waals surface area contributed by atoms with Crippen molar-refractivity contribution in [3.63, 3.8) is 0 Å². The molecule has 3 heterocycles. The second kappa shape index (κ2) is 8.05. The van der Waals surface area contributed by atoms with Gasteiger partial charge in [-0.3, -0.25) is 0 Å². The molecule has 0 amide bonds. The van der Waals surface area contributed by atoms with Gasteiger partial charge < -0.3 is 25.4 Å². The number of anilines is 4. The molecule has 0 aliphatic carbocycles. The summed E-state index contributed by atoms with van der Waals surface area (Å²) in [5.74, 6) is 2.33. The average molecular weight is 379 g/mol. The van der Waals surface area contributed by atoms with Crippen molar-refractivity contribution >= 4 is 23.4 Å². The van der Waals surface area contributed by atoms with E-state index in [0.29, 0.717) is 30.7 Å². The second-order valence-corrected chi connectivity index (χ2v) is 6.22. The zero-order valence-electron chi connectivity index (χ0n) is 15.5. The smallest absolute Gasteiger partial charge is 0.228 e. The molecular formula is C19H21N7O2. The van der Waals surface area contributed by atoms with Crippen molar-refractivity contribution in [2.24, 2.45) is 0 Å². The molecule has 28 heavy (non-hydrogen) atoms. The maximum Gasteiger partial charge on any atom is 0.228 e. The molecule has 144 valence electrons. The molecule has 0 bridgehead atoms. The Morgan fingerprint density at radius 3 is 2.46 bits per heavy atom. The molecule has 2 aromatic heterocycles. The summed E-state index contributed by atoms with van der Waals surface area (Å²) in [4.78, 5) is 19.6. The standard InChI is InChI=1S/C19H21N7O2/c1-27-15-4-2-14(3-5-15)23-17-10-16(13-11-21-18(20)22-12-13)24-19(25-17)26-6-8-28-9-7-26/h2-5,10-12H,6-9H2,1H3,(H2,20,21,22)(H,23,24,25). The fourth-order valence-corrected chi connectivity index (χ4v) is 2.84. The monoisotopic (exact) mass is 379 g/mol. The van der Waals surface area contributed by atoms with E-state index in [1.165, 1.54) is 0 Å². The van der Waals surface area contributed by atoms with E-state index in [1.54, 1.807) is 19.5 Å². The number of nitrogen functional groups attached to an aromatic ring is 1. The topological polar surface area (TPSA) is 111 Å². The Labute approximate surface area is 162 Å². The number of benzene rings is 1. The van der Waals surface area contributed by atoms with E-state index >= 15 is 0 Å². The highest BCUT2D eigenvalue weighted by Gasteiger charge is 2.17. The summed E-state index contributed by atoms with van der Waals surface area (Å²) < 4.78 is 10.6. The van der Waals surface area contributed by atoms with Crippen LogP contribution in [0.4, 0.5) is 23.4 Å². The molecule has 0 atom stereocenters. The van der Waals surface area contributed by atoms with Crippen molar-refractivity contribution in [1.82, 2.24) is 19.9 Å². The molecule has 1 aromatic carbocycles. The van der Waals surface area contributed by atoms with Crippen molar-refractivity contribution in [2.75, 3.05) is 49.4 Å². The molecule has 1 aliphatic heterocycles. The molecule has 3 N–H and O–H groups in total. The van der Waals surface area contributed by atoms with Crippen molar-refractivity contribution in [3.8, 4) is 17.0 Å². The molecule has 9 nitrogen and oxygen atoms in total. The summed E-state index contributed by atoms with van der Waals surface area (Å²) in [6.07, 6.45) is 3.32. The lowest BCUT2D eigenvalue weighted by Gasteiger charge is -2.27. The number of ether oxygens (including phenoxy) is 2. The largest absolute Gasteiger partial charge is 0.497 e. The van der Waals surface area contributed by atoms with Crippen LogP contribution in [0.2, 0.25) is 0 Å². The van der Waals surface area contributed by atoms with E-state index in [2.05, 4.69) is 25.2 Å². The second-order valence-electron chi connectivity index (χ2n) is 6.22. The lowest BCUT2D eigenvalue weighted by molar-refractivity contribution is 0.122. The lowest BCUT2D eigenvalue weighted by atomic mass is 10.2. The lowest BCUT2D eigenvalue weighted by Crippen LogP contribution is -2.37. The normalized spacial score (nSPS) is 14.0. The highest BCUT2D eigenvalue weighted by Crippen LogP contribution is 2.25. The zero-order chi connectivity index (χ0) is 19.3. The van der Waals surface area contributed by atoms with E-state index in [1.807, 2.05) is 30.3 Å². The van der Waals surface area contributed by atoms with Gasteiger partial charge in [0.15, 0.2) is 0 Å². The van der Waals surface area contributed by atoms with Crippen LogP contribution in [0, 0.1) is 0 Å². The predicted octanol–water partition coefficient (Wildman–Crippen LogP) is 2.10. The molecular weight excluding hydrogens is 358 g/mol. The first-order chi connectivity index (χ1) is 13.7. The number of rotatable bonds is 5. The van der Waals surface area contributed by atoms with Crippen LogP contribution in [0.3, 0.4) is 0 Å². The fraction of sp³-hybridized carbons (Fsp3) is 0.263. The number of nitrogens with zero attached hydrogens (tertiary/aromatic N) is 5. The van der Waals surface area contributed by atoms with Gasteiger partial charge in [0, 0.05) is 42.8 Å². The first kappa shape index (κ1) is 17.9. The highest BCUT2D eigenvalue weighted by molar-refractivity contribution is 5.67. The Kier molecular flexibility index (Phi) is 5.16. The predicted molar refractivity (Wildman–Crippen MR) is 107 cm³/mol. The van der Waals surface area contributed by atoms with Gasteiger partial charge >= 0.3 is 0 Å². The first-order valence-electron chi connectivity index (χ1n) is 8.92. The minimum Gasteiger partial charge on any atom is -0.497 e. The molecule has 9 heteroatoms. The van der Waals surface area contributed by atoms with Crippen molar-refractivity contribution in [1.29, 1.82) is 0 Å². The Balaban J connectivity index is 1.68. The number of methoxy groups -OCH3 is 1. The summed E-state index contributed by atoms with van der Waals surface area (Å²) in [6, 6.07) is 9.51. The number of aromatic nitrogens is 4. The third-order valence-corrected chi connectivity index (χ3v) is 4.34. The number of morpholine rings is 1. The molecule has 0 radical (unpaired) electrons. The van der Waals surface area contributed by atoms with Crippen molar-refractivity contribution < 1.29 is 9.47 Å². The number of hydrogen-bond acceptors (Lipinski definition) is 9. The number of nitrogens with one attached hydrogen (secondary N) is 1. The Morgan fingerprint density at radius 1 is 1.07 bits per heavy atom. The number of nitrogens with two attached hydrogens (primary N) is 1. The van der Waals surface area contributed by atoms with Gasteiger partial charge in [0.1, 0.15) is 11.6 Å². The van der Waals surface area contributed by atoms with Crippen molar-refractivity contribution in [2.45, 2.75) is 0 Å². The quantitative estimate of drug-likeness (QED) is 0.688. The van der Waals surface area contributed by atoms with Crippen LogP contribution in [0.5, 0.6) is 5.75 Å². The molecule has 0 saturated carbocycles. The summed E-state index contributed by atoms with van der Waals surface area (Å²) in [6.45, 7) is 2.78. The molecule has 4 rings (SSSR count). The summed E-state index contributed by atoms with van der Waals surface area (Å²) in [5, 5.41) is 3.33. The maximum absolute atomic E-state index is 5.61. The van der Waals surface area contributed by atoms with E-state index in [9.17, 15) is 0 Å². The van der Waals surface area contributed by atoms with Crippen LogP contribution >= 0.6 is 0 Å². The summed E-state index contributed by atoms with van der Waals surface area (Å²) in [7, 11) is 1.64. The van der Waals surface area contributed by atoms with Crippen LogP contribution in [-0.4, -0.2) is 53.3 Å². The molecule has 1 saturated heterocycles. The third kappa shape index (κ3) is 4.09. The minimum atomic E-state index is 0.225. The average Bonchev–Trinajstić information content (AvgIpc) is 2.75. The van der Waals surface area contributed by atoms with Crippen LogP contribution in [0.25, 0.3) is 11.3 Å². The SMILES string of the molecule is COc1ccc(Nc2cc(-c3cnc(N)nc3)nc(N3CCOCC3)n2)cc1. The van der Waals surface area contributed by atoms with Crippen LogP contribution in [0.15, 0.2) is 42.7 Å². The van der Waals surface area contributed by atoms with Crippen molar-refractivity contribution in [3.05, 3.63) is 42.7 Å². The van der Waals surface area contributed by atoms with Gasteiger partial charge in [0.2, 0.25) is 11.9 Å². The van der Waals surface area contributed by atoms with E-state index in [4.69, 9.17) is 20.2 Å². The van der Waals surface area contributed by atoms with E-state index < -0.39 is 0 Å². The number of hydrogen-bond donors (Lipinski definition) is 2. The van der Waals surface area contributed by atoms with E-state index in [-0.39, 0.29) is 5.95 Å². The molecule has 0 spiro atoms. The van der Waals surface area contributed by atoms with Crippen LogP contribution in [-0.2, 0) is 4.74 Å². The van der Waals surface area contributed by atoms with Gasteiger partial charge in [-0.15, -0.1) is 0 Å². The van der Waals surface area contributed by atoms with Gasteiger partial charge in [-0.2, -0.15) is 4.98 Å². The van der Waals surface area contributed by atoms with Gasteiger partial charge in [-0.25, -0.2) is 15.0 Å². The van der Waals surface area contributed by atoms with Gasteiger partial charge in [-0.05, 0) is 24.3 Å². The molecule has 1 aliphatic rings. The molecule has 1 fully saturated rings. The highest BCUT2D eigenvalue weighted by atomic mass is 16.5.